The third-order valence-corrected chi connectivity index (χ3v) is 4.28. The molecular weight excluding hydrogens is 338 g/mol. The van der Waals surface area contributed by atoms with Gasteiger partial charge in [-0.3, -0.25) is 0 Å². The first-order valence-corrected chi connectivity index (χ1v) is 7.95. The Kier molecular flexibility index (Phi) is 3.65. The Morgan fingerprint density at radius 2 is 1.42 bits per heavy atom. The van der Waals surface area contributed by atoms with E-state index in [1.54, 1.807) is 31.2 Å². The monoisotopic (exact) mass is 352 g/mol. The van der Waals surface area contributed by atoms with E-state index in [0.717, 1.165) is 12.1 Å². The number of aryl methyl sites for hydroxylation is 1. The van der Waals surface area contributed by atoms with Gasteiger partial charge in [0.15, 0.2) is 0 Å². The third-order valence-electron chi connectivity index (χ3n) is 4.28. The van der Waals surface area contributed by atoms with Crippen LogP contribution in [-0.2, 0) is 0 Å². The van der Waals surface area contributed by atoms with Gasteiger partial charge in [0.2, 0.25) is 0 Å². The number of benzene rings is 3. The minimum absolute atomic E-state index is 0.00917. The van der Waals surface area contributed by atoms with Crippen molar-refractivity contribution in [3.05, 3.63) is 71.8 Å². The number of halogens is 2. The number of phenolic OH excluding ortho intramolecular Hbond substituents is 2. The summed E-state index contributed by atoms with van der Waals surface area (Å²) in [5, 5.41) is 20.0. The van der Waals surface area contributed by atoms with E-state index < -0.39 is 17.4 Å². The molecule has 0 aliphatic rings. The van der Waals surface area contributed by atoms with Crippen molar-refractivity contribution in [1.82, 2.24) is 0 Å². The van der Waals surface area contributed by atoms with Gasteiger partial charge in [0.25, 0.3) is 0 Å². The molecule has 0 spiro atoms. The minimum atomic E-state index is -0.930. The smallest absolute Gasteiger partial charge is 0.149 e. The van der Waals surface area contributed by atoms with Crippen LogP contribution in [0.25, 0.3) is 33.4 Å². The molecular formula is C21H14F2O3. The van der Waals surface area contributed by atoms with Gasteiger partial charge >= 0.3 is 0 Å². The van der Waals surface area contributed by atoms with Gasteiger partial charge in [-0.1, -0.05) is 30.3 Å². The number of aromatic hydroxyl groups is 2. The molecule has 3 aromatic carbocycles. The van der Waals surface area contributed by atoms with Crippen molar-refractivity contribution in [2.24, 2.45) is 0 Å². The summed E-state index contributed by atoms with van der Waals surface area (Å²) in [4.78, 5) is 0. The number of fused-ring (bicyclic) bond motifs is 1. The zero-order valence-corrected chi connectivity index (χ0v) is 13.8. The summed E-state index contributed by atoms with van der Waals surface area (Å²) in [6.07, 6.45) is 0. The fraction of sp³-hybridized carbons (Fsp3) is 0.0476. The van der Waals surface area contributed by atoms with Crippen molar-refractivity contribution in [1.29, 1.82) is 0 Å². The summed E-state index contributed by atoms with van der Waals surface area (Å²) in [5.41, 5.74) is 1.88. The van der Waals surface area contributed by atoms with E-state index in [-0.39, 0.29) is 17.1 Å². The molecule has 0 bridgehead atoms. The minimum Gasteiger partial charge on any atom is -0.508 e. The van der Waals surface area contributed by atoms with E-state index in [9.17, 15) is 19.0 Å². The van der Waals surface area contributed by atoms with Crippen LogP contribution in [0.2, 0.25) is 0 Å². The lowest BCUT2D eigenvalue weighted by atomic mass is 9.97. The Morgan fingerprint density at radius 3 is 2.08 bits per heavy atom. The van der Waals surface area contributed by atoms with Crippen LogP contribution in [-0.4, -0.2) is 10.2 Å². The van der Waals surface area contributed by atoms with Crippen molar-refractivity contribution >= 4 is 11.0 Å². The molecule has 0 saturated heterocycles. The van der Waals surface area contributed by atoms with Gasteiger partial charge < -0.3 is 14.6 Å². The lowest BCUT2D eigenvalue weighted by Gasteiger charge is -2.07. The van der Waals surface area contributed by atoms with Gasteiger partial charge in [0.1, 0.15) is 34.5 Å². The van der Waals surface area contributed by atoms with Crippen LogP contribution in [0.1, 0.15) is 5.56 Å². The number of phenols is 2. The van der Waals surface area contributed by atoms with Gasteiger partial charge in [-0.15, -0.1) is 0 Å². The summed E-state index contributed by atoms with van der Waals surface area (Å²) >= 11 is 0. The van der Waals surface area contributed by atoms with Crippen molar-refractivity contribution in [3.8, 4) is 33.9 Å². The molecule has 0 radical (unpaired) electrons. The Hall–Kier alpha value is -3.34. The Bertz CT molecular complexity index is 1110. The number of hydrogen-bond acceptors (Lipinski definition) is 3. The van der Waals surface area contributed by atoms with Crippen molar-refractivity contribution in [2.75, 3.05) is 0 Å². The fourth-order valence-corrected chi connectivity index (χ4v) is 3.20. The van der Waals surface area contributed by atoms with Gasteiger partial charge in [0.05, 0.1) is 5.56 Å². The van der Waals surface area contributed by atoms with Crippen LogP contribution >= 0.6 is 0 Å². The second kappa shape index (κ2) is 5.88. The number of furan rings is 1. The van der Waals surface area contributed by atoms with Crippen LogP contribution in [0.3, 0.4) is 0 Å². The first-order chi connectivity index (χ1) is 12.5. The van der Waals surface area contributed by atoms with Gasteiger partial charge in [-0.25, -0.2) is 8.78 Å². The first kappa shape index (κ1) is 16.1. The third kappa shape index (κ3) is 2.49. The van der Waals surface area contributed by atoms with E-state index in [4.69, 9.17) is 4.42 Å². The predicted octanol–water partition coefficient (Wildman–Crippen LogP) is 5.76. The largest absolute Gasteiger partial charge is 0.508 e. The molecule has 3 nitrogen and oxygen atoms in total. The van der Waals surface area contributed by atoms with Crippen molar-refractivity contribution in [3.63, 3.8) is 0 Å². The maximum atomic E-state index is 14.5. The average Bonchev–Trinajstić information content (AvgIpc) is 2.94. The Morgan fingerprint density at radius 1 is 0.808 bits per heavy atom. The molecule has 0 aliphatic carbocycles. The van der Waals surface area contributed by atoms with E-state index in [1.165, 1.54) is 12.1 Å². The summed E-state index contributed by atoms with van der Waals surface area (Å²) in [6, 6.07) is 13.7. The molecule has 0 aliphatic heterocycles. The maximum Gasteiger partial charge on any atom is 0.149 e. The van der Waals surface area contributed by atoms with Crippen LogP contribution in [0.15, 0.2) is 59.0 Å². The summed E-state index contributed by atoms with van der Waals surface area (Å²) < 4.78 is 34.8. The fourth-order valence-electron chi connectivity index (χ4n) is 3.20. The highest BCUT2D eigenvalue weighted by Gasteiger charge is 2.25. The van der Waals surface area contributed by atoms with Crippen molar-refractivity contribution in [2.45, 2.75) is 6.92 Å². The number of rotatable bonds is 2. The van der Waals surface area contributed by atoms with Gasteiger partial charge in [0, 0.05) is 23.1 Å². The molecule has 1 aromatic heterocycles. The molecule has 130 valence electrons. The highest BCUT2D eigenvalue weighted by molar-refractivity contribution is 6.03. The van der Waals surface area contributed by atoms with E-state index in [0.29, 0.717) is 27.7 Å². The topological polar surface area (TPSA) is 53.6 Å². The molecule has 0 fully saturated rings. The van der Waals surface area contributed by atoms with Gasteiger partial charge in [-0.05, 0) is 30.2 Å². The summed E-state index contributed by atoms with van der Waals surface area (Å²) in [6.45, 7) is 1.74. The molecule has 0 unspecified atom stereocenters. The molecule has 4 rings (SSSR count). The molecule has 0 amide bonds. The molecule has 4 aromatic rings. The molecule has 0 saturated carbocycles. The quantitative estimate of drug-likeness (QED) is 0.482. The predicted molar refractivity (Wildman–Crippen MR) is 95.1 cm³/mol. The zero-order valence-electron chi connectivity index (χ0n) is 13.8. The van der Waals surface area contributed by atoms with Gasteiger partial charge in [-0.2, -0.15) is 0 Å². The molecule has 0 atom stereocenters. The van der Waals surface area contributed by atoms with Crippen LogP contribution in [0.4, 0.5) is 8.78 Å². The standard InChI is InChI=1S/C21H14F2O3/c1-11-7-13(24)8-15-18(12-5-3-2-4-6-12)21(26-20(11)15)19-16(22)9-14(25)10-17(19)23/h2-10,24-25H,1H3. The highest BCUT2D eigenvalue weighted by Crippen LogP contribution is 2.44. The molecule has 2 N–H and O–H groups in total. The Labute approximate surface area is 147 Å². The van der Waals surface area contributed by atoms with E-state index >= 15 is 0 Å². The lowest BCUT2D eigenvalue weighted by Crippen LogP contribution is -1.91. The normalized spacial score (nSPS) is 11.2. The highest BCUT2D eigenvalue weighted by atomic mass is 19.1. The summed E-state index contributed by atoms with van der Waals surface area (Å²) in [7, 11) is 0. The second-order valence-electron chi connectivity index (χ2n) is 6.10. The van der Waals surface area contributed by atoms with Crippen LogP contribution < -0.4 is 0 Å². The number of hydrogen-bond donors (Lipinski definition) is 2. The molecule has 5 heteroatoms. The summed E-state index contributed by atoms with van der Waals surface area (Å²) in [5.74, 6) is -2.32. The second-order valence-corrected chi connectivity index (χ2v) is 6.10. The van der Waals surface area contributed by atoms with Crippen LogP contribution in [0, 0.1) is 18.6 Å². The molecule has 1 heterocycles. The Balaban J connectivity index is 2.15. The van der Waals surface area contributed by atoms with E-state index in [2.05, 4.69) is 0 Å². The maximum absolute atomic E-state index is 14.5. The SMILES string of the molecule is Cc1cc(O)cc2c(-c3ccccc3)c(-c3c(F)cc(O)cc3F)oc12. The zero-order chi connectivity index (χ0) is 18.4. The first-order valence-electron chi connectivity index (χ1n) is 7.95. The lowest BCUT2D eigenvalue weighted by molar-refractivity contribution is 0.460. The van der Waals surface area contributed by atoms with E-state index in [1.807, 2.05) is 6.07 Å². The van der Waals surface area contributed by atoms with Crippen molar-refractivity contribution < 1.29 is 23.4 Å². The van der Waals surface area contributed by atoms with Crippen LogP contribution in [0.5, 0.6) is 11.5 Å². The average molecular weight is 352 g/mol. The molecule has 26 heavy (non-hydrogen) atoms.